The monoisotopic (exact) mass is 230 g/mol. The number of aliphatic imine (C=N–C) groups is 1. The van der Waals surface area contributed by atoms with Gasteiger partial charge in [-0.15, -0.1) is 0 Å². The highest BCUT2D eigenvalue weighted by atomic mass is 16.5. The average molecular weight is 230 g/mol. The molecule has 0 aromatic rings. The zero-order chi connectivity index (χ0) is 12.6. The van der Waals surface area contributed by atoms with E-state index in [2.05, 4.69) is 29.2 Å². The van der Waals surface area contributed by atoms with Crippen molar-refractivity contribution in [1.82, 2.24) is 10.3 Å². The van der Waals surface area contributed by atoms with Gasteiger partial charge in [-0.05, 0) is 20.3 Å². The van der Waals surface area contributed by atoms with Gasteiger partial charge in [0.25, 0.3) is 0 Å². The number of nitrogens with two attached hydrogens (primary N) is 1. The number of rotatable bonds is 6. The second-order valence-electron chi connectivity index (χ2n) is 4.15. The standard InChI is InChI=1S/C11H26N4O/c1-6-7-10(3)15(4)11(14-12)13-9(2)8-16-5/h9-10H,6-8,12H2,1-5H3,(H,13,14). The van der Waals surface area contributed by atoms with Crippen molar-refractivity contribution in [3.63, 3.8) is 0 Å². The molecule has 0 aromatic carbocycles. The molecule has 2 atom stereocenters. The van der Waals surface area contributed by atoms with E-state index in [0.717, 1.165) is 12.8 Å². The Kier molecular flexibility index (Phi) is 7.93. The minimum Gasteiger partial charge on any atom is -0.382 e. The molecule has 0 saturated heterocycles. The normalized spacial score (nSPS) is 15.8. The molecule has 0 spiro atoms. The summed E-state index contributed by atoms with van der Waals surface area (Å²) in [7, 11) is 3.67. The van der Waals surface area contributed by atoms with E-state index in [1.807, 2.05) is 14.0 Å². The Balaban J connectivity index is 4.45. The summed E-state index contributed by atoms with van der Waals surface area (Å²) in [5.74, 6) is 6.20. The molecular formula is C11H26N4O. The minimum absolute atomic E-state index is 0.104. The zero-order valence-corrected chi connectivity index (χ0v) is 11.2. The van der Waals surface area contributed by atoms with E-state index >= 15 is 0 Å². The Hall–Kier alpha value is -0.810. The highest BCUT2D eigenvalue weighted by molar-refractivity contribution is 5.79. The lowest BCUT2D eigenvalue weighted by molar-refractivity contribution is 0.185. The van der Waals surface area contributed by atoms with Crippen LogP contribution < -0.4 is 11.3 Å². The Morgan fingerprint density at radius 3 is 2.56 bits per heavy atom. The Morgan fingerprint density at radius 2 is 2.12 bits per heavy atom. The first kappa shape index (κ1) is 15.2. The molecule has 0 aliphatic rings. The molecule has 0 bridgehead atoms. The van der Waals surface area contributed by atoms with Crippen LogP contribution in [0.2, 0.25) is 0 Å². The lowest BCUT2D eigenvalue weighted by Gasteiger charge is -2.28. The largest absolute Gasteiger partial charge is 0.382 e. The molecule has 2 unspecified atom stereocenters. The van der Waals surface area contributed by atoms with Gasteiger partial charge in [-0.25, -0.2) is 10.8 Å². The predicted molar refractivity (Wildman–Crippen MR) is 68.2 cm³/mol. The van der Waals surface area contributed by atoms with Crippen LogP contribution in [-0.2, 0) is 4.74 Å². The number of nitrogens with zero attached hydrogens (tertiary/aromatic N) is 2. The first-order valence-electron chi connectivity index (χ1n) is 5.82. The molecule has 3 N–H and O–H groups in total. The summed E-state index contributed by atoms with van der Waals surface area (Å²) in [6, 6.07) is 0.530. The second kappa shape index (κ2) is 8.35. The van der Waals surface area contributed by atoms with Crippen LogP contribution in [0.4, 0.5) is 0 Å². The lowest BCUT2D eigenvalue weighted by Crippen LogP contribution is -2.47. The van der Waals surface area contributed by atoms with Crippen LogP contribution >= 0.6 is 0 Å². The summed E-state index contributed by atoms with van der Waals surface area (Å²) in [5, 5.41) is 0. The predicted octanol–water partition coefficient (Wildman–Crippen LogP) is 0.961. The summed E-state index contributed by atoms with van der Waals surface area (Å²) < 4.78 is 5.04. The molecule has 0 fully saturated rings. The van der Waals surface area contributed by atoms with Crippen LogP contribution in [0, 0.1) is 0 Å². The van der Waals surface area contributed by atoms with Gasteiger partial charge in [0.1, 0.15) is 0 Å². The topological polar surface area (TPSA) is 62.9 Å². The van der Waals surface area contributed by atoms with Gasteiger partial charge in [0.15, 0.2) is 0 Å². The maximum Gasteiger partial charge on any atom is 0.208 e. The maximum absolute atomic E-state index is 5.49. The van der Waals surface area contributed by atoms with Crippen LogP contribution in [0.15, 0.2) is 4.99 Å². The summed E-state index contributed by atoms with van der Waals surface area (Å²) in [6.07, 6.45) is 2.27. The first-order valence-corrected chi connectivity index (χ1v) is 5.82. The Labute approximate surface area is 99.0 Å². The smallest absolute Gasteiger partial charge is 0.208 e. The Bertz CT molecular complexity index is 208. The molecule has 16 heavy (non-hydrogen) atoms. The molecule has 0 aromatic heterocycles. The van der Waals surface area contributed by atoms with E-state index in [-0.39, 0.29) is 6.04 Å². The van der Waals surface area contributed by atoms with E-state index < -0.39 is 0 Å². The van der Waals surface area contributed by atoms with E-state index in [0.29, 0.717) is 18.6 Å². The maximum atomic E-state index is 5.49. The summed E-state index contributed by atoms with van der Waals surface area (Å²) in [6.45, 7) is 6.93. The van der Waals surface area contributed by atoms with Crippen molar-refractivity contribution in [2.45, 2.75) is 45.7 Å². The van der Waals surface area contributed by atoms with Crippen molar-refractivity contribution in [2.24, 2.45) is 10.8 Å². The van der Waals surface area contributed by atoms with Gasteiger partial charge in [0, 0.05) is 20.2 Å². The van der Waals surface area contributed by atoms with Crippen LogP contribution in [0.25, 0.3) is 0 Å². The van der Waals surface area contributed by atoms with Crippen molar-refractivity contribution in [3.05, 3.63) is 0 Å². The number of ether oxygens (including phenoxy) is 1. The molecule has 96 valence electrons. The van der Waals surface area contributed by atoms with Crippen LogP contribution in [0.1, 0.15) is 33.6 Å². The highest BCUT2D eigenvalue weighted by Crippen LogP contribution is 2.04. The summed E-state index contributed by atoms with van der Waals surface area (Å²) >= 11 is 0. The van der Waals surface area contributed by atoms with E-state index in [4.69, 9.17) is 10.6 Å². The zero-order valence-electron chi connectivity index (χ0n) is 11.2. The SMILES string of the molecule is CCCC(C)N(C)C(=NC(C)COC)NN. The molecule has 0 radical (unpaired) electrons. The minimum atomic E-state index is 0.104. The van der Waals surface area contributed by atoms with Gasteiger partial charge in [-0.1, -0.05) is 13.3 Å². The molecule has 0 amide bonds. The quantitative estimate of drug-likeness (QED) is 0.309. The number of hydrogen-bond acceptors (Lipinski definition) is 3. The summed E-state index contributed by atoms with van der Waals surface area (Å²) in [4.78, 5) is 6.53. The molecule has 0 aliphatic heterocycles. The van der Waals surface area contributed by atoms with Gasteiger partial charge in [-0.2, -0.15) is 0 Å². The van der Waals surface area contributed by atoms with E-state index in [1.165, 1.54) is 0 Å². The third-order valence-corrected chi connectivity index (χ3v) is 2.58. The van der Waals surface area contributed by atoms with Gasteiger partial charge in [-0.3, -0.25) is 5.43 Å². The van der Waals surface area contributed by atoms with Crippen molar-refractivity contribution >= 4 is 5.96 Å². The van der Waals surface area contributed by atoms with Gasteiger partial charge >= 0.3 is 0 Å². The lowest BCUT2D eigenvalue weighted by atomic mass is 10.2. The molecule has 0 heterocycles. The van der Waals surface area contributed by atoms with Crippen LogP contribution in [0.3, 0.4) is 0 Å². The molecule has 0 saturated carbocycles. The molecular weight excluding hydrogens is 204 g/mol. The first-order chi connectivity index (χ1) is 7.56. The van der Waals surface area contributed by atoms with Crippen LogP contribution in [-0.4, -0.2) is 43.7 Å². The summed E-state index contributed by atoms with van der Waals surface area (Å²) in [5.41, 5.74) is 2.65. The van der Waals surface area contributed by atoms with E-state index in [9.17, 15) is 0 Å². The third-order valence-electron chi connectivity index (χ3n) is 2.58. The van der Waals surface area contributed by atoms with Crippen molar-refractivity contribution < 1.29 is 4.74 Å². The molecule has 0 aliphatic carbocycles. The van der Waals surface area contributed by atoms with Crippen LogP contribution in [0.5, 0.6) is 0 Å². The number of nitrogens with one attached hydrogen (secondary N) is 1. The van der Waals surface area contributed by atoms with Crippen molar-refractivity contribution in [2.75, 3.05) is 20.8 Å². The highest BCUT2D eigenvalue weighted by Gasteiger charge is 2.13. The third kappa shape index (κ3) is 5.32. The second-order valence-corrected chi connectivity index (χ2v) is 4.15. The molecule has 5 nitrogen and oxygen atoms in total. The number of guanidine groups is 1. The fraction of sp³-hybridized carbons (Fsp3) is 0.909. The fourth-order valence-corrected chi connectivity index (χ4v) is 1.54. The molecule has 5 heteroatoms. The van der Waals surface area contributed by atoms with Gasteiger partial charge in [0.05, 0.1) is 12.6 Å². The van der Waals surface area contributed by atoms with Gasteiger partial charge < -0.3 is 9.64 Å². The van der Waals surface area contributed by atoms with Crippen molar-refractivity contribution in [1.29, 1.82) is 0 Å². The number of hydrogen-bond donors (Lipinski definition) is 2. The number of methoxy groups -OCH3 is 1. The van der Waals surface area contributed by atoms with Gasteiger partial charge in [0.2, 0.25) is 5.96 Å². The van der Waals surface area contributed by atoms with Crippen molar-refractivity contribution in [3.8, 4) is 0 Å². The molecule has 0 rings (SSSR count). The number of hydrazine groups is 1. The Morgan fingerprint density at radius 1 is 1.50 bits per heavy atom. The average Bonchev–Trinajstić information content (AvgIpc) is 2.25. The van der Waals surface area contributed by atoms with E-state index in [1.54, 1.807) is 7.11 Å². The fourth-order valence-electron chi connectivity index (χ4n) is 1.54.